The number of hydrogen-bond donors (Lipinski definition) is 2. The molecule has 12 unspecified atom stereocenters. The SMILES string of the molecule is CCC(C)(C(=O)OC1CC(C(C)(OC(=O)OC(C)(C)C)C(F)(F)F)CC(C(OC(=O)OC(C)(C)C)(C(F)(F)F)C(F)(F)F)C1)C1C(=O)OC(=O)C1C1C2CC(C(=O)O)C(C2)C1CC(C)(C)C(=O)O. The van der Waals surface area contributed by atoms with Crippen LogP contribution in [0.4, 0.5) is 49.1 Å². The maximum absolute atomic E-state index is 15.3. The van der Waals surface area contributed by atoms with Crippen LogP contribution in [0, 0.1) is 64.1 Å². The van der Waals surface area contributed by atoms with E-state index >= 15 is 39.5 Å². The van der Waals surface area contributed by atoms with Crippen molar-refractivity contribution in [3.8, 4) is 0 Å². The maximum Gasteiger partial charge on any atom is 0.510 e. The molecule has 0 amide bonds. The summed E-state index contributed by atoms with van der Waals surface area (Å²) in [6.45, 7) is 12.1. The molecule has 4 fully saturated rings. The Kier molecular flexibility index (Phi) is 15.1. The van der Waals surface area contributed by atoms with Crippen molar-refractivity contribution in [3.05, 3.63) is 0 Å². The van der Waals surface area contributed by atoms with Crippen LogP contribution in [0.2, 0.25) is 0 Å². The zero-order valence-electron chi connectivity index (χ0n) is 39.3. The quantitative estimate of drug-likeness (QED) is 0.0760. The third-order valence-electron chi connectivity index (χ3n) is 14.3. The summed E-state index contributed by atoms with van der Waals surface area (Å²) in [5, 5.41) is 20.0. The lowest BCUT2D eigenvalue weighted by Crippen LogP contribution is -2.67. The van der Waals surface area contributed by atoms with Gasteiger partial charge in [-0.3, -0.25) is 24.0 Å². The van der Waals surface area contributed by atoms with E-state index in [0.717, 1.165) is 27.7 Å². The zero-order chi connectivity index (χ0) is 52.5. The molecule has 1 heterocycles. The normalized spacial score (nSPS) is 30.1. The third kappa shape index (κ3) is 10.8. The number of hydrogen-bond acceptors (Lipinski definition) is 13. The number of carboxylic acid groups (broad SMARTS) is 2. The van der Waals surface area contributed by atoms with Crippen LogP contribution < -0.4 is 0 Å². The zero-order valence-corrected chi connectivity index (χ0v) is 39.3. The Hall–Kier alpha value is -4.54. The van der Waals surface area contributed by atoms with Crippen molar-refractivity contribution in [1.29, 1.82) is 0 Å². The molecule has 0 radical (unpaired) electrons. The maximum atomic E-state index is 15.3. The molecule has 1 saturated heterocycles. The lowest BCUT2D eigenvalue weighted by molar-refractivity contribution is -0.392. The fourth-order valence-corrected chi connectivity index (χ4v) is 10.9. The van der Waals surface area contributed by atoms with Crippen LogP contribution in [0.25, 0.3) is 0 Å². The van der Waals surface area contributed by atoms with Gasteiger partial charge in [0.25, 0.3) is 0 Å². The molecule has 0 aromatic rings. The third-order valence-corrected chi connectivity index (χ3v) is 14.3. The molecular weight excluding hydrogens is 939 g/mol. The summed E-state index contributed by atoms with van der Waals surface area (Å²) in [5.74, 6) is -20.2. The van der Waals surface area contributed by atoms with Crippen molar-refractivity contribution in [2.75, 3.05) is 0 Å². The average molecular weight is 999 g/mol. The van der Waals surface area contributed by atoms with E-state index < -0.39 is 179 Å². The number of halogens is 9. The van der Waals surface area contributed by atoms with E-state index in [1.54, 1.807) is 0 Å². The number of rotatable bonds is 13. The van der Waals surface area contributed by atoms with Crippen molar-refractivity contribution < 1.29 is 112 Å². The summed E-state index contributed by atoms with van der Waals surface area (Å²) >= 11 is 0. The van der Waals surface area contributed by atoms with E-state index in [4.69, 9.17) is 18.9 Å². The van der Waals surface area contributed by atoms with E-state index in [1.807, 2.05) is 0 Å². The van der Waals surface area contributed by atoms with Gasteiger partial charge >= 0.3 is 66.3 Å². The number of carbonyl (C=O) groups excluding carboxylic acids is 5. The van der Waals surface area contributed by atoms with E-state index in [1.165, 1.54) is 41.5 Å². The van der Waals surface area contributed by atoms with Crippen molar-refractivity contribution >= 4 is 42.2 Å². The van der Waals surface area contributed by atoms with Crippen molar-refractivity contribution in [3.63, 3.8) is 0 Å². The van der Waals surface area contributed by atoms with Gasteiger partial charge in [-0.1, -0.05) is 6.92 Å². The second kappa shape index (κ2) is 18.3. The van der Waals surface area contributed by atoms with Gasteiger partial charge < -0.3 is 38.6 Å². The largest absolute Gasteiger partial charge is 0.510 e. The lowest BCUT2D eigenvalue weighted by atomic mass is 9.58. The molecule has 4 rings (SSSR count). The number of ether oxygens (including phenoxy) is 6. The first-order valence-electron chi connectivity index (χ1n) is 21.9. The number of aliphatic carboxylic acids is 2. The van der Waals surface area contributed by atoms with Crippen LogP contribution in [0.1, 0.15) is 121 Å². The lowest BCUT2D eigenvalue weighted by Gasteiger charge is -2.49. The topological polar surface area (TPSA) is 215 Å². The molecular formula is C44H59F9O15. The summed E-state index contributed by atoms with van der Waals surface area (Å²) in [6.07, 6.45) is -31.3. The monoisotopic (exact) mass is 998 g/mol. The fraction of sp³-hybridized carbons (Fsp3) is 0.841. The van der Waals surface area contributed by atoms with Crippen LogP contribution in [0.5, 0.6) is 0 Å². The summed E-state index contributed by atoms with van der Waals surface area (Å²) in [7, 11) is 0. The van der Waals surface area contributed by atoms with E-state index in [-0.39, 0.29) is 26.2 Å². The Bertz CT molecular complexity index is 1970. The molecule has 15 nitrogen and oxygen atoms in total. The van der Waals surface area contributed by atoms with Crippen molar-refractivity contribution in [2.24, 2.45) is 64.1 Å². The molecule has 24 heteroatoms. The summed E-state index contributed by atoms with van der Waals surface area (Å²) < 4.78 is 167. The summed E-state index contributed by atoms with van der Waals surface area (Å²) in [4.78, 5) is 92.5. The highest BCUT2D eigenvalue weighted by Gasteiger charge is 2.79. The van der Waals surface area contributed by atoms with Gasteiger partial charge in [0.05, 0.1) is 28.6 Å². The number of cyclic esters (lactones) is 2. The van der Waals surface area contributed by atoms with Gasteiger partial charge in [0, 0.05) is 11.8 Å². The molecule has 0 spiro atoms. The van der Waals surface area contributed by atoms with Crippen LogP contribution in [0.15, 0.2) is 0 Å². The molecule has 4 aliphatic rings. The fourth-order valence-electron chi connectivity index (χ4n) is 10.9. The van der Waals surface area contributed by atoms with E-state index in [0.29, 0.717) is 0 Å². The van der Waals surface area contributed by atoms with Crippen molar-refractivity contribution in [1.82, 2.24) is 0 Å². The number of carboxylic acids is 2. The molecule has 3 saturated carbocycles. The number of esters is 3. The summed E-state index contributed by atoms with van der Waals surface area (Å²) in [5.41, 5.74) is -16.8. The molecule has 0 aromatic carbocycles. The van der Waals surface area contributed by atoms with Gasteiger partial charge in [-0.05, 0) is 138 Å². The molecule has 12 atom stereocenters. The molecule has 2 N–H and O–H groups in total. The van der Waals surface area contributed by atoms with Crippen LogP contribution in [-0.4, -0.2) is 99.4 Å². The predicted octanol–water partition coefficient (Wildman–Crippen LogP) is 9.61. The van der Waals surface area contributed by atoms with Gasteiger partial charge in [-0.25, -0.2) is 9.59 Å². The van der Waals surface area contributed by atoms with Gasteiger partial charge in [0.2, 0.25) is 5.60 Å². The predicted molar refractivity (Wildman–Crippen MR) is 211 cm³/mol. The molecule has 3 aliphatic carbocycles. The minimum atomic E-state index is -6.67. The van der Waals surface area contributed by atoms with Gasteiger partial charge in [-0.2, -0.15) is 39.5 Å². The van der Waals surface area contributed by atoms with Gasteiger partial charge in [0.1, 0.15) is 17.3 Å². The number of fused-ring (bicyclic) bond motifs is 2. The van der Waals surface area contributed by atoms with Gasteiger partial charge in [0.15, 0.2) is 0 Å². The Labute approximate surface area is 385 Å². The second-order valence-corrected chi connectivity index (χ2v) is 21.6. The Morgan fingerprint density at radius 3 is 1.59 bits per heavy atom. The smallest absolute Gasteiger partial charge is 0.481 e. The van der Waals surface area contributed by atoms with Gasteiger partial charge in [-0.15, -0.1) is 0 Å². The van der Waals surface area contributed by atoms with Crippen LogP contribution in [0.3, 0.4) is 0 Å². The first kappa shape index (κ1) is 56.1. The van der Waals surface area contributed by atoms with E-state index in [9.17, 15) is 43.8 Å². The minimum Gasteiger partial charge on any atom is -0.481 e. The van der Waals surface area contributed by atoms with Crippen LogP contribution in [-0.2, 0) is 52.4 Å². The highest BCUT2D eigenvalue weighted by atomic mass is 19.4. The summed E-state index contributed by atoms with van der Waals surface area (Å²) in [6, 6.07) is 0. The van der Waals surface area contributed by atoms with Crippen molar-refractivity contribution in [2.45, 2.75) is 168 Å². The molecule has 1 aliphatic heterocycles. The Morgan fingerprint density at radius 1 is 0.647 bits per heavy atom. The highest BCUT2D eigenvalue weighted by Crippen LogP contribution is 2.64. The first-order chi connectivity index (χ1) is 30.5. The molecule has 0 aromatic heterocycles. The second-order valence-electron chi connectivity index (χ2n) is 21.6. The Morgan fingerprint density at radius 2 is 1.15 bits per heavy atom. The number of alkyl halides is 9. The van der Waals surface area contributed by atoms with Crippen LogP contribution >= 0.6 is 0 Å². The first-order valence-corrected chi connectivity index (χ1v) is 21.9. The molecule has 68 heavy (non-hydrogen) atoms. The number of carbonyl (C=O) groups is 7. The average Bonchev–Trinajstić information content (AvgIpc) is 3.80. The van der Waals surface area contributed by atoms with E-state index in [2.05, 4.69) is 9.47 Å². The molecule has 388 valence electrons. The minimum absolute atomic E-state index is 0.0215. The molecule has 2 bridgehead atoms. The Balaban J connectivity index is 1.88. The highest BCUT2D eigenvalue weighted by molar-refractivity contribution is 6.00. The standard InChI is InChI=1S/C44H59F9O15/c1-12-39(10,28-27(30(56)64-31(28)57)26-19-13-23(24(14-19)29(54)55)25(26)18-38(8,9)32(58)59)33(60)63-22-16-20(40(11,42(45,46)47)67-34(61)65-36(2,3)4)15-21(17-22)41(43(48,49)50,44(51,52)53)68-35(62)66-37(5,6)7/h19-28H,12-18H2,1-11H3,(H,54,55)(H,58,59).